The highest BCUT2D eigenvalue weighted by Crippen LogP contribution is 2.35. The van der Waals surface area contributed by atoms with Crippen LogP contribution in [0.1, 0.15) is 48.1 Å². The molecule has 1 fully saturated rings. The molecule has 2 heterocycles. The van der Waals surface area contributed by atoms with Gasteiger partial charge in [0.05, 0.1) is 34.7 Å². The summed E-state index contributed by atoms with van der Waals surface area (Å²) in [7, 11) is -3.18. The van der Waals surface area contributed by atoms with Gasteiger partial charge in [-0.25, -0.2) is 8.42 Å². The molecule has 0 radical (unpaired) electrons. The van der Waals surface area contributed by atoms with Crippen molar-refractivity contribution in [2.24, 2.45) is 0 Å². The number of benzene rings is 1. The van der Waals surface area contributed by atoms with Crippen molar-refractivity contribution >= 4 is 38.9 Å². The molecule has 0 bridgehead atoms. The third kappa shape index (κ3) is 5.50. The molecule has 9 heteroatoms. The minimum absolute atomic E-state index is 0.0599. The Kier molecular flexibility index (Phi) is 7.37. The normalized spacial score (nSPS) is 17.8. The zero-order chi connectivity index (χ0) is 21.9. The average molecular weight is 474 g/mol. The van der Waals surface area contributed by atoms with E-state index in [-0.39, 0.29) is 39.6 Å². The number of furan rings is 1. The Balaban J connectivity index is 1.88. The number of sulfone groups is 1. The largest absolute Gasteiger partial charge is 0.490 e. The van der Waals surface area contributed by atoms with Crippen LogP contribution in [0.3, 0.4) is 0 Å². The Morgan fingerprint density at radius 1 is 1.27 bits per heavy atom. The number of nitrogens with zero attached hydrogens (tertiary/aromatic N) is 1. The van der Waals surface area contributed by atoms with Crippen LogP contribution in [-0.2, 0) is 16.4 Å². The van der Waals surface area contributed by atoms with E-state index in [1.807, 2.05) is 13.8 Å². The number of amides is 1. The summed E-state index contributed by atoms with van der Waals surface area (Å²) in [5.41, 5.74) is 0.278. The minimum Gasteiger partial charge on any atom is -0.490 e. The first-order valence-corrected chi connectivity index (χ1v) is 12.5. The van der Waals surface area contributed by atoms with Crippen LogP contribution in [0, 0.1) is 6.92 Å². The number of ether oxygens (including phenoxy) is 1. The molecule has 164 valence electrons. The first kappa shape index (κ1) is 23.0. The maximum absolute atomic E-state index is 13.4. The fourth-order valence-corrected chi connectivity index (χ4v) is 5.76. The van der Waals surface area contributed by atoms with E-state index in [0.717, 1.165) is 18.6 Å². The van der Waals surface area contributed by atoms with Gasteiger partial charge in [0.25, 0.3) is 5.91 Å². The first-order valence-electron chi connectivity index (χ1n) is 9.88. The summed E-state index contributed by atoms with van der Waals surface area (Å²) in [5, 5.41) is 0.490. The Bertz CT molecular complexity index is 995. The lowest BCUT2D eigenvalue weighted by Crippen LogP contribution is -2.40. The lowest BCUT2D eigenvalue weighted by molar-refractivity contribution is 0.0665. The van der Waals surface area contributed by atoms with Crippen LogP contribution in [-0.4, -0.2) is 43.4 Å². The SMILES string of the molecule is CCCCOc1c(Cl)cc(C(=O)N(Cc2ccc(C)o2)[C@H]2CCS(=O)(=O)C2)cc1Cl. The fraction of sp³-hybridized carbons (Fsp3) is 0.476. The van der Waals surface area contributed by atoms with Crippen molar-refractivity contribution in [3.8, 4) is 5.75 Å². The molecule has 6 nitrogen and oxygen atoms in total. The molecule has 0 aliphatic carbocycles. The summed E-state index contributed by atoms with van der Waals surface area (Å²) in [6.07, 6.45) is 2.21. The molecule has 30 heavy (non-hydrogen) atoms. The molecule has 1 aromatic carbocycles. The standard InChI is InChI=1S/C21H25Cl2NO5S/c1-3-4-8-28-20-18(22)10-15(11-19(20)23)21(25)24(12-17-6-5-14(2)29-17)16-7-9-30(26,27)13-16/h5-6,10-11,16H,3-4,7-9,12-13H2,1-2H3/t16-/m0/s1. The van der Waals surface area contributed by atoms with Gasteiger partial charge in [0.2, 0.25) is 0 Å². The van der Waals surface area contributed by atoms with Gasteiger partial charge in [-0.1, -0.05) is 36.5 Å². The highest BCUT2D eigenvalue weighted by atomic mass is 35.5. The van der Waals surface area contributed by atoms with E-state index < -0.39 is 15.9 Å². The lowest BCUT2D eigenvalue weighted by Gasteiger charge is -2.28. The summed E-state index contributed by atoms with van der Waals surface area (Å²) >= 11 is 12.7. The Morgan fingerprint density at radius 3 is 2.50 bits per heavy atom. The Morgan fingerprint density at radius 2 is 1.97 bits per heavy atom. The topological polar surface area (TPSA) is 76.8 Å². The molecule has 1 saturated heterocycles. The number of rotatable bonds is 8. The van der Waals surface area contributed by atoms with Gasteiger partial charge in [-0.3, -0.25) is 4.79 Å². The Labute approximate surface area is 187 Å². The molecule has 0 N–H and O–H groups in total. The molecule has 1 aliphatic rings. The van der Waals surface area contributed by atoms with Gasteiger partial charge in [0, 0.05) is 11.6 Å². The van der Waals surface area contributed by atoms with E-state index in [9.17, 15) is 13.2 Å². The number of hydrogen-bond donors (Lipinski definition) is 0. The summed E-state index contributed by atoms with van der Waals surface area (Å²) < 4.78 is 35.3. The summed E-state index contributed by atoms with van der Waals surface area (Å²) in [5.74, 6) is 1.29. The molecule has 0 spiro atoms. The van der Waals surface area contributed by atoms with E-state index in [2.05, 4.69) is 0 Å². The highest BCUT2D eigenvalue weighted by Gasteiger charge is 2.36. The third-order valence-electron chi connectivity index (χ3n) is 5.02. The van der Waals surface area contributed by atoms with Gasteiger partial charge in [0.15, 0.2) is 15.6 Å². The van der Waals surface area contributed by atoms with E-state index in [4.69, 9.17) is 32.4 Å². The second-order valence-corrected chi connectivity index (χ2v) is 10.5. The average Bonchev–Trinajstić information content (AvgIpc) is 3.25. The molecule has 1 aliphatic heterocycles. The van der Waals surface area contributed by atoms with Gasteiger partial charge in [0.1, 0.15) is 11.5 Å². The van der Waals surface area contributed by atoms with Crippen LogP contribution in [0.25, 0.3) is 0 Å². The third-order valence-corrected chi connectivity index (χ3v) is 7.33. The second-order valence-electron chi connectivity index (χ2n) is 7.47. The number of halogens is 2. The van der Waals surface area contributed by atoms with Gasteiger partial charge in [-0.05, 0) is 44.0 Å². The lowest BCUT2D eigenvalue weighted by atomic mass is 10.1. The summed E-state index contributed by atoms with van der Waals surface area (Å²) in [6, 6.07) is 6.18. The maximum Gasteiger partial charge on any atom is 0.254 e. The van der Waals surface area contributed by atoms with Crippen molar-refractivity contribution in [3.63, 3.8) is 0 Å². The van der Waals surface area contributed by atoms with Crippen LogP contribution in [0.5, 0.6) is 5.75 Å². The van der Waals surface area contributed by atoms with Crippen molar-refractivity contribution in [2.75, 3.05) is 18.1 Å². The first-order chi connectivity index (χ1) is 14.2. The van der Waals surface area contributed by atoms with Gasteiger partial charge >= 0.3 is 0 Å². The number of carbonyl (C=O) groups excluding carboxylic acids is 1. The monoisotopic (exact) mass is 473 g/mol. The number of aryl methyl sites for hydroxylation is 1. The van der Waals surface area contributed by atoms with Crippen LogP contribution in [0.4, 0.5) is 0 Å². The zero-order valence-corrected chi connectivity index (χ0v) is 19.3. The quantitative estimate of drug-likeness (QED) is 0.509. The van der Waals surface area contributed by atoms with E-state index >= 15 is 0 Å². The minimum atomic E-state index is -3.18. The molecular weight excluding hydrogens is 449 g/mol. The fourth-order valence-electron chi connectivity index (χ4n) is 3.43. The van der Waals surface area contributed by atoms with Crippen LogP contribution < -0.4 is 4.74 Å². The predicted octanol–water partition coefficient (Wildman–Crippen LogP) is 4.90. The highest BCUT2D eigenvalue weighted by molar-refractivity contribution is 7.91. The van der Waals surface area contributed by atoms with Gasteiger partial charge < -0.3 is 14.1 Å². The molecule has 0 unspecified atom stereocenters. The van der Waals surface area contributed by atoms with Crippen molar-refractivity contribution < 1.29 is 22.4 Å². The number of hydrogen-bond acceptors (Lipinski definition) is 5. The number of unbranched alkanes of at least 4 members (excludes halogenated alkanes) is 1. The number of carbonyl (C=O) groups is 1. The summed E-state index contributed by atoms with van der Waals surface area (Å²) in [6.45, 7) is 4.50. The van der Waals surface area contributed by atoms with Crippen molar-refractivity contribution in [1.82, 2.24) is 4.90 Å². The van der Waals surface area contributed by atoms with Crippen LogP contribution in [0.2, 0.25) is 10.0 Å². The predicted molar refractivity (Wildman–Crippen MR) is 117 cm³/mol. The van der Waals surface area contributed by atoms with Crippen molar-refractivity contribution in [2.45, 2.75) is 45.7 Å². The van der Waals surface area contributed by atoms with E-state index in [0.29, 0.717) is 24.5 Å². The summed E-state index contributed by atoms with van der Waals surface area (Å²) in [4.78, 5) is 14.9. The smallest absolute Gasteiger partial charge is 0.254 e. The molecular formula is C21H25Cl2NO5S. The van der Waals surface area contributed by atoms with Crippen molar-refractivity contribution in [3.05, 3.63) is 51.4 Å². The second kappa shape index (κ2) is 9.62. The molecule has 1 atom stereocenters. The zero-order valence-electron chi connectivity index (χ0n) is 17.0. The maximum atomic E-state index is 13.4. The van der Waals surface area contributed by atoms with Crippen molar-refractivity contribution in [1.29, 1.82) is 0 Å². The molecule has 0 saturated carbocycles. The molecule has 3 rings (SSSR count). The molecule has 1 aromatic heterocycles. The van der Waals surface area contributed by atoms with Gasteiger partial charge in [-0.2, -0.15) is 0 Å². The van der Waals surface area contributed by atoms with Crippen LogP contribution in [0.15, 0.2) is 28.7 Å². The van der Waals surface area contributed by atoms with Gasteiger partial charge in [-0.15, -0.1) is 0 Å². The molecule has 2 aromatic rings. The molecule has 1 amide bonds. The van der Waals surface area contributed by atoms with E-state index in [1.54, 1.807) is 12.1 Å². The van der Waals surface area contributed by atoms with Crippen LogP contribution >= 0.6 is 23.2 Å². The Hall–Kier alpha value is -1.70. The van der Waals surface area contributed by atoms with E-state index in [1.165, 1.54) is 17.0 Å².